The van der Waals surface area contributed by atoms with Crippen LogP contribution < -0.4 is 14.8 Å². The predicted molar refractivity (Wildman–Crippen MR) is 116 cm³/mol. The number of hydrogen-bond acceptors (Lipinski definition) is 5. The molecule has 1 amide bonds. The molecule has 1 fully saturated rings. The van der Waals surface area contributed by atoms with Crippen LogP contribution in [-0.4, -0.2) is 57.4 Å². The Morgan fingerprint density at radius 1 is 1.20 bits per heavy atom. The summed E-state index contributed by atoms with van der Waals surface area (Å²) in [6, 6.07) is 13.4. The van der Waals surface area contributed by atoms with E-state index in [0.29, 0.717) is 30.4 Å². The van der Waals surface area contributed by atoms with Crippen LogP contribution in [0, 0.1) is 0 Å². The SMILES string of the molecule is COc1ccc([C@H](CNC(=O)C2=Cc3cc(Cl)ccc3OC2)N2CCOCC2)cc1. The number of benzene rings is 2. The van der Waals surface area contributed by atoms with E-state index >= 15 is 0 Å². The summed E-state index contributed by atoms with van der Waals surface area (Å²) in [4.78, 5) is 15.2. The van der Waals surface area contributed by atoms with Crippen LogP contribution in [0.2, 0.25) is 5.02 Å². The van der Waals surface area contributed by atoms with Crippen molar-refractivity contribution in [2.75, 3.05) is 46.6 Å². The smallest absolute Gasteiger partial charge is 0.250 e. The lowest BCUT2D eigenvalue weighted by Crippen LogP contribution is -2.44. The largest absolute Gasteiger partial charge is 0.497 e. The van der Waals surface area contributed by atoms with Crippen molar-refractivity contribution < 1.29 is 19.0 Å². The fraction of sp³-hybridized carbons (Fsp3) is 0.348. The monoisotopic (exact) mass is 428 g/mol. The lowest BCUT2D eigenvalue weighted by molar-refractivity contribution is -0.118. The number of nitrogens with one attached hydrogen (secondary N) is 1. The third-order valence-electron chi connectivity index (χ3n) is 5.42. The number of methoxy groups -OCH3 is 1. The maximum Gasteiger partial charge on any atom is 0.250 e. The van der Waals surface area contributed by atoms with Crippen LogP contribution in [0.25, 0.3) is 6.08 Å². The summed E-state index contributed by atoms with van der Waals surface area (Å²) in [5.41, 5.74) is 2.53. The predicted octanol–water partition coefficient (Wildman–Crippen LogP) is 3.31. The van der Waals surface area contributed by atoms with Crippen molar-refractivity contribution in [2.24, 2.45) is 0 Å². The number of morpholine rings is 1. The zero-order valence-electron chi connectivity index (χ0n) is 16.9. The molecule has 7 heteroatoms. The van der Waals surface area contributed by atoms with E-state index in [1.165, 1.54) is 0 Å². The van der Waals surface area contributed by atoms with Crippen molar-refractivity contribution in [3.05, 3.63) is 64.2 Å². The summed E-state index contributed by atoms with van der Waals surface area (Å²) in [7, 11) is 1.65. The molecule has 6 nitrogen and oxygen atoms in total. The Kier molecular flexibility index (Phi) is 6.57. The standard InChI is InChI=1S/C23H25ClN2O4/c1-28-20-5-2-16(3-6-20)21(26-8-10-29-11-9-26)14-25-23(27)18-12-17-13-19(24)4-7-22(17)30-15-18/h2-7,12-13,21H,8-11,14-15H2,1H3,(H,25,27)/t21-/m0/s1. The number of hydrogen-bond donors (Lipinski definition) is 1. The van der Waals surface area contributed by atoms with Gasteiger partial charge in [0.1, 0.15) is 18.1 Å². The van der Waals surface area contributed by atoms with Gasteiger partial charge in [0.15, 0.2) is 0 Å². The normalized spacial score (nSPS) is 17.3. The van der Waals surface area contributed by atoms with Crippen LogP contribution in [0.4, 0.5) is 0 Å². The average Bonchev–Trinajstić information content (AvgIpc) is 2.79. The Morgan fingerprint density at radius 3 is 2.70 bits per heavy atom. The molecule has 2 aliphatic rings. The van der Waals surface area contributed by atoms with E-state index in [0.717, 1.165) is 35.7 Å². The van der Waals surface area contributed by atoms with E-state index in [9.17, 15) is 4.79 Å². The highest BCUT2D eigenvalue weighted by Crippen LogP contribution is 2.29. The Morgan fingerprint density at radius 2 is 1.97 bits per heavy atom. The van der Waals surface area contributed by atoms with Gasteiger partial charge in [-0.2, -0.15) is 0 Å². The Bertz CT molecular complexity index is 923. The number of carbonyl (C=O) groups is 1. The van der Waals surface area contributed by atoms with Crippen LogP contribution in [0.15, 0.2) is 48.0 Å². The molecule has 30 heavy (non-hydrogen) atoms. The average molecular weight is 429 g/mol. The highest BCUT2D eigenvalue weighted by atomic mass is 35.5. The molecule has 4 rings (SSSR count). The summed E-state index contributed by atoms with van der Waals surface area (Å²) < 4.78 is 16.5. The van der Waals surface area contributed by atoms with Crippen molar-refractivity contribution in [3.63, 3.8) is 0 Å². The molecular formula is C23H25ClN2O4. The van der Waals surface area contributed by atoms with Gasteiger partial charge in [0, 0.05) is 30.2 Å². The molecule has 0 aliphatic carbocycles. The maximum atomic E-state index is 12.9. The van der Waals surface area contributed by atoms with Crippen molar-refractivity contribution >= 4 is 23.6 Å². The van der Waals surface area contributed by atoms with Gasteiger partial charge in [-0.05, 0) is 42.0 Å². The minimum absolute atomic E-state index is 0.0515. The van der Waals surface area contributed by atoms with Gasteiger partial charge < -0.3 is 19.5 Å². The summed E-state index contributed by atoms with van der Waals surface area (Å²) >= 11 is 6.07. The van der Waals surface area contributed by atoms with Gasteiger partial charge in [-0.25, -0.2) is 0 Å². The van der Waals surface area contributed by atoms with E-state index in [1.807, 2.05) is 36.4 Å². The van der Waals surface area contributed by atoms with Crippen molar-refractivity contribution in [2.45, 2.75) is 6.04 Å². The first-order valence-corrected chi connectivity index (χ1v) is 10.4. The van der Waals surface area contributed by atoms with Gasteiger partial charge in [-0.15, -0.1) is 0 Å². The van der Waals surface area contributed by atoms with Crippen LogP contribution in [-0.2, 0) is 9.53 Å². The molecule has 2 aliphatic heterocycles. The van der Waals surface area contributed by atoms with Crippen molar-refractivity contribution in [3.8, 4) is 11.5 Å². The Labute approximate surface area is 181 Å². The molecule has 1 saturated heterocycles. The third kappa shape index (κ3) is 4.78. The Balaban J connectivity index is 1.48. The molecule has 0 radical (unpaired) electrons. The Hall–Kier alpha value is -2.54. The lowest BCUT2D eigenvalue weighted by atomic mass is 10.0. The van der Waals surface area contributed by atoms with Crippen LogP contribution in [0.3, 0.4) is 0 Å². The highest BCUT2D eigenvalue weighted by molar-refractivity contribution is 6.30. The number of ether oxygens (including phenoxy) is 3. The van der Waals surface area contributed by atoms with Crippen LogP contribution in [0.1, 0.15) is 17.2 Å². The first kappa shape index (κ1) is 20.7. The fourth-order valence-electron chi connectivity index (χ4n) is 3.76. The second-order valence-electron chi connectivity index (χ2n) is 7.29. The topological polar surface area (TPSA) is 60.0 Å². The third-order valence-corrected chi connectivity index (χ3v) is 5.65. The number of halogens is 1. The van der Waals surface area contributed by atoms with Gasteiger partial charge >= 0.3 is 0 Å². The number of rotatable bonds is 6. The molecular weight excluding hydrogens is 404 g/mol. The summed E-state index contributed by atoms with van der Waals surface area (Å²) in [5, 5.41) is 3.70. The second-order valence-corrected chi connectivity index (χ2v) is 7.72. The fourth-order valence-corrected chi connectivity index (χ4v) is 3.94. The van der Waals surface area contributed by atoms with Gasteiger partial charge in [0.05, 0.1) is 31.9 Å². The highest BCUT2D eigenvalue weighted by Gasteiger charge is 2.25. The molecule has 1 N–H and O–H groups in total. The zero-order valence-corrected chi connectivity index (χ0v) is 17.7. The molecule has 0 bridgehead atoms. The summed E-state index contributed by atoms with van der Waals surface area (Å²) in [6.07, 6.45) is 1.84. The van der Waals surface area contributed by atoms with Gasteiger partial charge in [-0.3, -0.25) is 9.69 Å². The minimum Gasteiger partial charge on any atom is -0.497 e. The van der Waals surface area contributed by atoms with Crippen LogP contribution >= 0.6 is 11.6 Å². The molecule has 0 spiro atoms. The van der Waals surface area contributed by atoms with Gasteiger partial charge in [0.25, 0.3) is 5.91 Å². The summed E-state index contributed by atoms with van der Waals surface area (Å²) in [5.74, 6) is 1.41. The van der Waals surface area contributed by atoms with Crippen molar-refractivity contribution in [1.82, 2.24) is 10.2 Å². The molecule has 158 valence electrons. The van der Waals surface area contributed by atoms with E-state index in [4.69, 9.17) is 25.8 Å². The van der Waals surface area contributed by atoms with E-state index in [2.05, 4.69) is 10.2 Å². The van der Waals surface area contributed by atoms with E-state index < -0.39 is 0 Å². The number of fused-ring (bicyclic) bond motifs is 1. The van der Waals surface area contributed by atoms with E-state index in [1.54, 1.807) is 19.2 Å². The van der Waals surface area contributed by atoms with Gasteiger partial charge in [0.2, 0.25) is 0 Å². The lowest BCUT2D eigenvalue weighted by Gasteiger charge is -2.35. The second kappa shape index (κ2) is 9.51. The number of carbonyl (C=O) groups excluding carboxylic acids is 1. The molecule has 1 atom stereocenters. The minimum atomic E-state index is -0.132. The molecule has 2 heterocycles. The van der Waals surface area contributed by atoms with E-state index in [-0.39, 0.29) is 18.6 Å². The first-order valence-electron chi connectivity index (χ1n) is 10.0. The molecule has 2 aromatic rings. The molecule has 0 aromatic heterocycles. The summed E-state index contributed by atoms with van der Waals surface area (Å²) in [6.45, 7) is 3.76. The molecule has 0 saturated carbocycles. The first-order chi connectivity index (χ1) is 14.6. The maximum absolute atomic E-state index is 12.9. The molecule has 2 aromatic carbocycles. The number of nitrogens with zero attached hydrogens (tertiary/aromatic N) is 1. The quantitative estimate of drug-likeness (QED) is 0.764. The molecule has 0 unspecified atom stereocenters. The van der Waals surface area contributed by atoms with Gasteiger partial charge in [-0.1, -0.05) is 23.7 Å². The zero-order chi connectivity index (χ0) is 20.9. The van der Waals surface area contributed by atoms with Crippen LogP contribution in [0.5, 0.6) is 11.5 Å². The van der Waals surface area contributed by atoms with Crippen molar-refractivity contribution in [1.29, 1.82) is 0 Å². The number of amides is 1.